The lowest BCUT2D eigenvalue weighted by Gasteiger charge is -2.38. The van der Waals surface area contributed by atoms with Gasteiger partial charge in [-0.1, -0.05) is 11.2 Å². The maximum absolute atomic E-state index is 13.0. The standard InChI is InChI=1S/C19H24N4O2/c1-22(19(24)18-15-8-2-3-9-16(15)25-21-18)14-7-6-12-23(13-14)17-10-4-5-11-20-17/h4-5,10-11,14H,2-3,6-9,12-13H2,1H3. The predicted molar refractivity (Wildman–Crippen MR) is 94.7 cm³/mol. The number of rotatable bonds is 3. The molecule has 0 radical (unpaired) electrons. The van der Waals surface area contributed by atoms with Gasteiger partial charge in [-0.3, -0.25) is 4.79 Å². The van der Waals surface area contributed by atoms with E-state index in [1.165, 1.54) is 0 Å². The Kier molecular flexibility index (Phi) is 4.42. The molecule has 0 N–H and O–H groups in total. The Bertz CT molecular complexity index is 743. The Morgan fingerprint density at radius 1 is 1.28 bits per heavy atom. The van der Waals surface area contributed by atoms with Gasteiger partial charge >= 0.3 is 0 Å². The second-order valence-electron chi connectivity index (χ2n) is 6.99. The fourth-order valence-electron chi connectivity index (χ4n) is 3.91. The zero-order valence-corrected chi connectivity index (χ0v) is 14.6. The van der Waals surface area contributed by atoms with Crippen LogP contribution in [0.4, 0.5) is 5.82 Å². The van der Waals surface area contributed by atoms with E-state index >= 15 is 0 Å². The van der Waals surface area contributed by atoms with Gasteiger partial charge in [-0.05, 0) is 44.2 Å². The summed E-state index contributed by atoms with van der Waals surface area (Å²) >= 11 is 0. The summed E-state index contributed by atoms with van der Waals surface area (Å²) in [7, 11) is 1.89. The van der Waals surface area contributed by atoms with E-state index < -0.39 is 0 Å². The maximum Gasteiger partial charge on any atom is 0.276 e. The van der Waals surface area contributed by atoms with Crippen LogP contribution in [0.5, 0.6) is 0 Å². The molecule has 1 aliphatic heterocycles. The Morgan fingerprint density at radius 2 is 2.16 bits per heavy atom. The van der Waals surface area contributed by atoms with E-state index in [2.05, 4.69) is 15.0 Å². The number of hydrogen-bond donors (Lipinski definition) is 0. The van der Waals surface area contributed by atoms with Crippen molar-refractivity contribution in [2.24, 2.45) is 0 Å². The van der Waals surface area contributed by atoms with E-state index in [9.17, 15) is 4.79 Å². The molecule has 132 valence electrons. The number of carbonyl (C=O) groups excluding carboxylic acids is 1. The largest absolute Gasteiger partial charge is 0.360 e. The van der Waals surface area contributed by atoms with Crippen LogP contribution >= 0.6 is 0 Å². The van der Waals surface area contributed by atoms with Crippen LogP contribution in [0.1, 0.15) is 47.5 Å². The number of hydrogen-bond acceptors (Lipinski definition) is 5. The van der Waals surface area contributed by atoms with Crippen LogP contribution < -0.4 is 4.90 Å². The summed E-state index contributed by atoms with van der Waals surface area (Å²) in [5.74, 6) is 1.87. The topological polar surface area (TPSA) is 62.5 Å². The molecule has 1 fully saturated rings. The van der Waals surface area contributed by atoms with Gasteiger partial charge in [-0.2, -0.15) is 0 Å². The van der Waals surface area contributed by atoms with Gasteiger partial charge in [0, 0.05) is 44.4 Å². The van der Waals surface area contributed by atoms with Gasteiger partial charge in [-0.25, -0.2) is 4.98 Å². The minimum Gasteiger partial charge on any atom is -0.360 e. The van der Waals surface area contributed by atoms with Crippen molar-refractivity contribution in [3.05, 3.63) is 41.4 Å². The SMILES string of the molecule is CN(C(=O)c1noc2c1CCCC2)C1CCCN(c2ccccn2)C1. The van der Waals surface area contributed by atoms with Crippen molar-refractivity contribution < 1.29 is 9.32 Å². The summed E-state index contributed by atoms with van der Waals surface area (Å²) in [4.78, 5) is 21.5. The lowest BCUT2D eigenvalue weighted by molar-refractivity contribution is 0.0706. The van der Waals surface area contributed by atoms with Crippen molar-refractivity contribution in [2.75, 3.05) is 25.0 Å². The molecule has 0 aromatic carbocycles. The average molecular weight is 340 g/mol. The van der Waals surface area contributed by atoms with Crippen LogP contribution in [0.2, 0.25) is 0 Å². The molecule has 2 aromatic rings. The number of carbonyl (C=O) groups is 1. The number of anilines is 1. The lowest BCUT2D eigenvalue weighted by Crippen LogP contribution is -2.49. The smallest absolute Gasteiger partial charge is 0.276 e. The first-order valence-electron chi connectivity index (χ1n) is 9.14. The van der Waals surface area contributed by atoms with Crippen LogP contribution in [-0.2, 0) is 12.8 Å². The van der Waals surface area contributed by atoms with E-state index in [4.69, 9.17) is 4.52 Å². The summed E-state index contributed by atoms with van der Waals surface area (Å²) in [5, 5.41) is 4.10. The van der Waals surface area contributed by atoms with Gasteiger partial charge in [0.05, 0.1) is 0 Å². The molecule has 1 atom stereocenters. The zero-order valence-electron chi connectivity index (χ0n) is 14.6. The molecule has 3 heterocycles. The van der Waals surface area contributed by atoms with Crippen LogP contribution in [0.15, 0.2) is 28.9 Å². The molecule has 1 amide bonds. The molecule has 25 heavy (non-hydrogen) atoms. The third kappa shape index (κ3) is 3.13. The highest BCUT2D eigenvalue weighted by molar-refractivity contribution is 5.94. The minimum atomic E-state index is -0.0141. The summed E-state index contributed by atoms with van der Waals surface area (Å²) < 4.78 is 5.42. The number of aromatic nitrogens is 2. The van der Waals surface area contributed by atoms with Crippen LogP contribution in [0.3, 0.4) is 0 Å². The highest BCUT2D eigenvalue weighted by Crippen LogP contribution is 2.26. The van der Waals surface area contributed by atoms with Crippen LogP contribution in [0, 0.1) is 0 Å². The third-order valence-corrected chi connectivity index (χ3v) is 5.39. The van der Waals surface area contributed by atoms with Crippen molar-refractivity contribution in [1.29, 1.82) is 0 Å². The zero-order chi connectivity index (χ0) is 17.2. The van der Waals surface area contributed by atoms with Crippen molar-refractivity contribution >= 4 is 11.7 Å². The highest BCUT2D eigenvalue weighted by atomic mass is 16.5. The third-order valence-electron chi connectivity index (χ3n) is 5.39. The maximum atomic E-state index is 13.0. The number of likely N-dealkylation sites (N-methyl/N-ethyl adjacent to an activating group) is 1. The molecule has 6 nitrogen and oxygen atoms in total. The molecular formula is C19H24N4O2. The molecule has 0 bridgehead atoms. The van der Waals surface area contributed by atoms with Crippen molar-refractivity contribution in [3.8, 4) is 0 Å². The summed E-state index contributed by atoms with van der Waals surface area (Å²) in [6.45, 7) is 1.79. The van der Waals surface area contributed by atoms with E-state index in [1.807, 2.05) is 36.3 Å². The second kappa shape index (κ2) is 6.86. The fourth-order valence-corrected chi connectivity index (χ4v) is 3.91. The number of fused-ring (bicyclic) bond motifs is 1. The molecular weight excluding hydrogens is 316 g/mol. The number of amides is 1. The first-order chi connectivity index (χ1) is 12.2. The molecule has 2 aliphatic rings. The Balaban J connectivity index is 1.49. The molecule has 1 aliphatic carbocycles. The first kappa shape index (κ1) is 16.1. The Labute approximate surface area is 147 Å². The van der Waals surface area contributed by atoms with Gasteiger partial charge in [-0.15, -0.1) is 0 Å². The molecule has 0 saturated carbocycles. The van der Waals surface area contributed by atoms with E-state index in [0.717, 1.165) is 68.8 Å². The average Bonchev–Trinajstić information content (AvgIpc) is 3.12. The number of piperidine rings is 1. The molecule has 6 heteroatoms. The van der Waals surface area contributed by atoms with Gasteiger partial charge in [0.2, 0.25) is 0 Å². The quantitative estimate of drug-likeness (QED) is 0.860. The molecule has 1 unspecified atom stereocenters. The van der Waals surface area contributed by atoms with Gasteiger partial charge in [0.25, 0.3) is 5.91 Å². The molecule has 2 aromatic heterocycles. The normalized spacial score (nSPS) is 20.2. The lowest BCUT2D eigenvalue weighted by atomic mass is 9.95. The van der Waals surface area contributed by atoms with Crippen molar-refractivity contribution in [1.82, 2.24) is 15.0 Å². The van der Waals surface area contributed by atoms with E-state index in [-0.39, 0.29) is 11.9 Å². The predicted octanol–water partition coefficient (Wildman–Crippen LogP) is 2.69. The van der Waals surface area contributed by atoms with Crippen molar-refractivity contribution in [2.45, 2.75) is 44.6 Å². The Hall–Kier alpha value is -2.37. The van der Waals surface area contributed by atoms with Gasteiger partial charge in [0.1, 0.15) is 11.6 Å². The van der Waals surface area contributed by atoms with E-state index in [0.29, 0.717) is 5.69 Å². The monoisotopic (exact) mass is 340 g/mol. The van der Waals surface area contributed by atoms with E-state index in [1.54, 1.807) is 0 Å². The molecule has 1 saturated heterocycles. The number of nitrogens with zero attached hydrogens (tertiary/aromatic N) is 4. The van der Waals surface area contributed by atoms with Gasteiger partial charge in [0.15, 0.2) is 5.69 Å². The number of pyridine rings is 1. The highest BCUT2D eigenvalue weighted by Gasteiger charge is 2.31. The number of aryl methyl sites for hydroxylation is 1. The molecule has 0 spiro atoms. The second-order valence-corrected chi connectivity index (χ2v) is 6.99. The summed E-state index contributed by atoms with van der Waals surface area (Å²) in [6, 6.07) is 6.12. The summed E-state index contributed by atoms with van der Waals surface area (Å²) in [5.41, 5.74) is 1.55. The van der Waals surface area contributed by atoms with Crippen LogP contribution in [-0.4, -0.2) is 47.1 Å². The summed E-state index contributed by atoms with van der Waals surface area (Å²) in [6.07, 6.45) is 7.90. The minimum absolute atomic E-state index is 0.0141. The Morgan fingerprint density at radius 3 is 3.00 bits per heavy atom. The van der Waals surface area contributed by atoms with Crippen LogP contribution in [0.25, 0.3) is 0 Å². The van der Waals surface area contributed by atoms with Gasteiger partial charge < -0.3 is 14.3 Å². The van der Waals surface area contributed by atoms with Crippen molar-refractivity contribution in [3.63, 3.8) is 0 Å². The molecule has 4 rings (SSSR count). The fraction of sp³-hybridized carbons (Fsp3) is 0.526. The first-order valence-corrected chi connectivity index (χ1v) is 9.14.